The SMILES string of the molecule is C#CC(C)(C)CNC(=O)CNC(=O)CN(C1CCN(C(C)c2cccc3ccccc23)CC1)S(C)(=O)=O. The number of hydrogen-bond donors (Lipinski definition) is 2. The van der Waals surface area contributed by atoms with Crippen molar-refractivity contribution in [1.82, 2.24) is 19.8 Å². The van der Waals surface area contributed by atoms with Gasteiger partial charge in [-0.05, 0) is 49.9 Å². The predicted molar refractivity (Wildman–Crippen MR) is 147 cm³/mol. The van der Waals surface area contributed by atoms with Gasteiger partial charge in [0.1, 0.15) is 0 Å². The highest BCUT2D eigenvalue weighted by Crippen LogP contribution is 2.31. The number of piperidine rings is 1. The maximum absolute atomic E-state index is 12.6. The molecule has 1 aliphatic heterocycles. The number of carbonyl (C=O) groups is 2. The molecule has 37 heavy (non-hydrogen) atoms. The van der Waals surface area contributed by atoms with Crippen molar-refractivity contribution in [3.63, 3.8) is 0 Å². The fourth-order valence-corrected chi connectivity index (χ4v) is 5.80. The van der Waals surface area contributed by atoms with E-state index in [9.17, 15) is 18.0 Å². The number of benzene rings is 2. The zero-order chi connectivity index (χ0) is 27.2. The molecule has 200 valence electrons. The molecule has 2 aromatic carbocycles. The van der Waals surface area contributed by atoms with Crippen molar-refractivity contribution >= 4 is 32.6 Å². The molecular formula is C28H38N4O4S. The minimum atomic E-state index is -3.62. The van der Waals surface area contributed by atoms with E-state index >= 15 is 0 Å². The summed E-state index contributed by atoms with van der Waals surface area (Å²) in [6.07, 6.45) is 7.79. The van der Waals surface area contributed by atoms with Crippen LogP contribution in [0.3, 0.4) is 0 Å². The van der Waals surface area contributed by atoms with Crippen LogP contribution in [0.25, 0.3) is 10.8 Å². The molecular weight excluding hydrogens is 488 g/mol. The lowest BCUT2D eigenvalue weighted by atomic mass is 9.95. The van der Waals surface area contributed by atoms with Crippen molar-refractivity contribution < 1.29 is 18.0 Å². The van der Waals surface area contributed by atoms with Gasteiger partial charge in [-0.15, -0.1) is 6.42 Å². The summed E-state index contributed by atoms with van der Waals surface area (Å²) in [7, 11) is -3.62. The van der Waals surface area contributed by atoms with Crippen LogP contribution in [-0.4, -0.2) is 74.5 Å². The molecule has 8 nitrogen and oxygen atoms in total. The molecule has 3 rings (SSSR count). The van der Waals surface area contributed by atoms with E-state index in [2.05, 4.69) is 58.7 Å². The van der Waals surface area contributed by atoms with Crippen LogP contribution in [-0.2, 0) is 19.6 Å². The number of nitrogens with one attached hydrogen (secondary N) is 2. The molecule has 1 unspecified atom stereocenters. The first-order chi connectivity index (χ1) is 17.4. The first-order valence-corrected chi connectivity index (χ1v) is 14.5. The Morgan fingerprint density at radius 3 is 2.41 bits per heavy atom. The molecule has 0 aromatic heterocycles. The molecule has 1 atom stereocenters. The third-order valence-electron chi connectivity index (χ3n) is 7.02. The number of sulfonamides is 1. The van der Waals surface area contributed by atoms with E-state index in [0.29, 0.717) is 12.8 Å². The van der Waals surface area contributed by atoms with Crippen LogP contribution in [0.4, 0.5) is 0 Å². The number of fused-ring (bicyclic) bond motifs is 1. The van der Waals surface area contributed by atoms with Gasteiger partial charge in [-0.3, -0.25) is 14.5 Å². The lowest BCUT2D eigenvalue weighted by molar-refractivity contribution is -0.126. The number of likely N-dealkylation sites (tertiary alicyclic amines) is 1. The van der Waals surface area contributed by atoms with Crippen molar-refractivity contribution in [3.8, 4) is 12.3 Å². The van der Waals surface area contributed by atoms with Crippen LogP contribution in [0.2, 0.25) is 0 Å². The topological polar surface area (TPSA) is 98.8 Å². The Hall–Kier alpha value is -2.93. The molecule has 0 spiro atoms. The monoisotopic (exact) mass is 526 g/mol. The summed E-state index contributed by atoms with van der Waals surface area (Å²) in [6, 6.07) is 14.5. The maximum Gasteiger partial charge on any atom is 0.239 e. The fraction of sp³-hybridized carbons (Fsp3) is 0.500. The van der Waals surface area contributed by atoms with E-state index in [-0.39, 0.29) is 37.6 Å². The second-order valence-electron chi connectivity index (χ2n) is 10.4. The van der Waals surface area contributed by atoms with Gasteiger partial charge in [0, 0.05) is 37.1 Å². The summed E-state index contributed by atoms with van der Waals surface area (Å²) in [5.74, 6) is 1.70. The number of terminal acetylenes is 1. The van der Waals surface area contributed by atoms with E-state index < -0.39 is 21.3 Å². The number of rotatable bonds is 10. The lowest BCUT2D eigenvalue weighted by Crippen LogP contribution is -2.51. The predicted octanol–water partition coefficient (Wildman–Crippen LogP) is 2.52. The molecule has 0 radical (unpaired) electrons. The molecule has 1 saturated heterocycles. The molecule has 2 amide bonds. The highest BCUT2D eigenvalue weighted by atomic mass is 32.2. The summed E-state index contributed by atoms with van der Waals surface area (Å²) < 4.78 is 26.4. The highest BCUT2D eigenvalue weighted by molar-refractivity contribution is 7.88. The number of hydrogen-bond acceptors (Lipinski definition) is 5. The Morgan fingerprint density at radius 2 is 1.76 bits per heavy atom. The lowest BCUT2D eigenvalue weighted by Gasteiger charge is -2.39. The van der Waals surface area contributed by atoms with Crippen molar-refractivity contribution in [2.75, 3.05) is 39.0 Å². The van der Waals surface area contributed by atoms with Gasteiger partial charge in [0.25, 0.3) is 0 Å². The molecule has 0 saturated carbocycles. The van der Waals surface area contributed by atoms with Gasteiger partial charge >= 0.3 is 0 Å². The normalized spacial score (nSPS) is 16.3. The molecule has 1 heterocycles. The van der Waals surface area contributed by atoms with Gasteiger partial charge < -0.3 is 10.6 Å². The van der Waals surface area contributed by atoms with E-state index in [1.807, 2.05) is 26.0 Å². The third-order valence-corrected chi connectivity index (χ3v) is 8.30. The molecule has 2 N–H and O–H groups in total. The maximum atomic E-state index is 12.6. The quantitative estimate of drug-likeness (QED) is 0.464. The summed E-state index contributed by atoms with van der Waals surface area (Å²) in [5.41, 5.74) is 0.756. The number of amides is 2. The molecule has 1 fully saturated rings. The van der Waals surface area contributed by atoms with E-state index in [4.69, 9.17) is 6.42 Å². The summed E-state index contributed by atoms with van der Waals surface area (Å²) in [6.45, 7) is 6.99. The summed E-state index contributed by atoms with van der Waals surface area (Å²) in [4.78, 5) is 27.0. The first-order valence-electron chi connectivity index (χ1n) is 12.6. The zero-order valence-electron chi connectivity index (χ0n) is 22.2. The van der Waals surface area contributed by atoms with Gasteiger partial charge in [-0.25, -0.2) is 8.42 Å². The smallest absolute Gasteiger partial charge is 0.239 e. The summed E-state index contributed by atoms with van der Waals surface area (Å²) >= 11 is 0. The molecule has 2 aromatic rings. The van der Waals surface area contributed by atoms with Crippen molar-refractivity contribution in [2.45, 2.75) is 45.7 Å². The van der Waals surface area contributed by atoms with Gasteiger partial charge in [-0.2, -0.15) is 4.31 Å². The Kier molecular flexibility index (Phi) is 9.35. The van der Waals surface area contributed by atoms with E-state index in [1.165, 1.54) is 20.6 Å². The largest absolute Gasteiger partial charge is 0.353 e. The Labute approximate surface area is 220 Å². The van der Waals surface area contributed by atoms with Crippen molar-refractivity contribution in [3.05, 3.63) is 48.0 Å². The minimum Gasteiger partial charge on any atom is -0.353 e. The Morgan fingerprint density at radius 1 is 1.11 bits per heavy atom. The standard InChI is InChI=1S/C28H38N4O4S/c1-6-28(3,4)20-30-26(33)18-29-27(34)19-32(37(5,35)36)23-14-16-31(17-15-23)21(2)24-13-9-11-22-10-7-8-12-25(22)24/h1,7-13,21,23H,14-20H2,2-5H3,(H,29,34)(H,30,33). The molecule has 0 aliphatic carbocycles. The highest BCUT2D eigenvalue weighted by Gasteiger charge is 2.33. The second kappa shape index (κ2) is 12.1. The van der Waals surface area contributed by atoms with Gasteiger partial charge in [0.05, 0.1) is 19.3 Å². The van der Waals surface area contributed by atoms with Crippen LogP contribution in [0.15, 0.2) is 42.5 Å². The van der Waals surface area contributed by atoms with Gasteiger partial charge in [0.15, 0.2) is 0 Å². The van der Waals surface area contributed by atoms with Crippen molar-refractivity contribution in [1.29, 1.82) is 0 Å². The van der Waals surface area contributed by atoms with Crippen LogP contribution in [0.5, 0.6) is 0 Å². The van der Waals surface area contributed by atoms with E-state index in [0.717, 1.165) is 19.3 Å². The van der Waals surface area contributed by atoms with Gasteiger partial charge in [0.2, 0.25) is 21.8 Å². The van der Waals surface area contributed by atoms with Crippen LogP contribution < -0.4 is 10.6 Å². The fourth-order valence-electron chi connectivity index (χ4n) is 4.70. The number of carbonyl (C=O) groups excluding carboxylic acids is 2. The van der Waals surface area contributed by atoms with Crippen molar-refractivity contribution in [2.24, 2.45) is 5.41 Å². The van der Waals surface area contributed by atoms with Gasteiger partial charge in [-0.1, -0.05) is 48.4 Å². The molecule has 0 bridgehead atoms. The first kappa shape index (κ1) is 28.6. The second-order valence-corrected chi connectivity index (χ2v) is 12.3. The number of nitrogens with zero attached hydrogens (tertiary/aromatic N) is 2. The Balaban J connectivity index is 1.57. The average molecular weight is 527 g/mol. The third kappa shape index (κ3) is 7.78. The average Bonchev–Trinajstić information content (AvgIpc) is 2.88. The van der Waals surface area contributed by atoms with Crippen LogP contribution in [0, 0.1) is 17.8 Å². The molecule has 1 aliphatic rings. The van der Waals surface area contributed by atoms with E-state index in [1.54, 1.807) is 0 Å². The molecule has 9 heteroatoms. The summed E-state index contributed by atoms with van der Waals surface area (Å²) in [5, 5.41) is 7.63. The minimum absolute atomic E-state index is 0.181. The zero-order valence-corrected chi connectivity index (χ0v) is 23.0. The Bertz CT molecular complexity index is 1260. The van der Waals surface area contributed by atoms with Crippen LogP contribution >= 0.6 is 0 Å². The van der Waals surface area contributed by atoms with Crippen LogP contribution in [0.1, 0.15) is 45.2 Å².